The molecule has 0 N–H and O–H groups in total. The molecule has 2 atom stereocenters. The average Bonchev–Trinajstić information content (AvgIpc) is 2.75. The summed E-state index contributed by atoms with van der Waals surface area (Å²) < 4.78 is 0. The number of aromatic nitrogens is 3. The maximum atomic E-state index is 4.60. The van der Waals surface area contributed by atoms with Crippen molar-refractivity contribution < 1.29 is 0 Å². The monoisotopic (exact) mass is 252 g/mol. The lowest BCUT2D eigenvalue weighted by Gasteiger charge is -2.36. The molecule has 1 fully saturated rings. The van der Waals surface area contributed by atoms with Gasteiger partial charge in [0.1, 0.15) is 12.1 Å². The maximum absolute atomic E-state index is 4.60. The zero-order valence-electron chi connectivity index (χ0n) is 11.0. The fraction of sp³-hybridized carbons (Fsp3) is 0.400. The Morgan fingerprint density at radius 1 is 1.16 bits per heavy atom. The number of hydrogen-bond donors (Lipinski definition) is 0. The molecule has 2 aliphatic heterocycles. The Balaban J connectivity index is 1.78. The van der Waals surface area contributed by atoms with Crippen LogP contribution in [0, 0.1) is 6.92 Å². The van der Waals surface area contributed by atoms with Crippen molar-refractivity contribution in [2.75, 3.05) is 4.90 Å². The third kappa shape index (κ3) is 1.63. The molecule has 4 heterocycles. The summed E-state index contributed by atoms with van der Waals surface area (Å²) in [7, 11) is 0. The molecule has 2 aromatic heterocycles. The van der Waals surface area contributed by atoms with Gasteiger partial charge in [-0.2, -0.15) is 0 Å². The van der Waals surface area contributed by atoms with Gasteiger partial charge in [0, 0.05) is 30.4 Å². The highest BCUT2D eigenvalue weighted by molar-refractivity contribution is 5.49. The van der Waals surface area contributed by atoms with Crippen molar-refractivity contribution in [1.82, 2.24) is 15.0 Å². The summed E-state index contributed by atoms with van der Waals surface area (Å²) in [6.07, 6.45) is 9.01. The van der Waals surface area contributed by atoms with E-state index in [0.29, 0.717) is 12.1 Å². The van der Waals surface area contributed by atoms with E-state index in [0.717, 1.165) is 12.2 Å². The molecule has 4 rings (SSSR count). The van der Waals surface area contributed by atoms with Gasteiger partial charge in [0.25, 0.3) is 0 Å². The molecule has 0 amide bonds. The zero-order chi connectivity index (χ0) is 12.8. The van der Waals surface area contributed by atoms with Crippen molar-refractivity contribution >= 4 is 5.82 Å². The largest absolute Gasteiger partial charge is 0.346 e. The molecule has 0 spiro atoms. The molecule has 2 bridgehead atoms. The van der Waals surface area contributed by atoms with Gasteiger partial charge in [-0.25, -0.2) is 15.0 Å². The number of hydrogen-bond acceptors (Lipinski definition) is 4. The third-order valence-corrected chi connectivity index (χ3v) is 4.28. The molecule has 96 valence electrons. The first-order valence-electron chi connectivity index (χ1n) is 6.83. The smallest absolute Gasteiger partial charge is 0.129 e. The minimum absolute atomic E-state index is 0.408. The molecule has 2 aliphatic rings. The predicted molar refractivity (Wildman–Crippen MR) is 73.0 cm³/mol. The molecular formula is C15H16N4. The number of fused-ring (bicyclic) bond motifs is 4. The molecule has 0 aromatic carbocycles. The van der Waals surface area contributed by atoms with Gasteiger partial charge < -0.3 is 4.90 Å². The highest BCUT2D eigenvalue weighted by atomic mass is 15.3. The summed E-state index contributed by atoms with van der Waals surface area (Å²) in [5, 5.41) is 0. The first kappa shape index (κ1) is 10.9. The molecule has 4 nitrogen and oxygen atoms in total. The first-order valence-corrected chi connectivity index (χ1v) is 6.83. The van der Waals surface area contributed by atoms with Crippen LogP contribution in [0.1, 0.15) is 35.7 Å². The molecule has 19 heavy (non-hydrogen) atoms. The van der Waals surface area contributed by atoms with Crippen LogP contribution in [0.2, 0.25) is 0 Å². The zero-order valence-corrected chi connectivity index (χ0v) is 11.0. The highest BCUT2D eigenvalue weighted by Crippen LogP contribution is 2.44. The normalized spacial score (nSPS) is 24.4. The van der Waals surface area contributed by atoms with Gasteiger partial charge >= 0.3 is 0 Å². The SMILES string of the molecule is Cc1ccc(N2C3CCC2c2cncnc2C3)nc1. The number of aryl methyl sites for hydroxylation is 1. The Kier molecular flexibility index (Phi) is 2.31. The topological polar surface area (TPSA) is 41.9 Å². The number of rotatable bonds is 1. The molecule has 0 aliphatic carbocycles. The third-order valence-electron chi connectivity index (χ3n) is 4.28. The summed E-state index contributed by atoms with van der Waals surface area (Å²) in [4.78, 5) is 15.7. The van der Waals surface area contributed by atoms with E-state index in [1.54, 1.807) is 6.33 Å². The summed E-state index contributed by atoms with van der Waals surface area (Å²) in [5.74, 6) is 1.09. The molecule has 4 heteroatoms. The van der Waals surface area contributed by atoms with E-state index >= 15 is 0 Å². The highest BCUT2D eigenvalue weighted by Gasteiger charge is 2.41. The number of anilines is 1. The molecule has 0 radical (unpaired) electrons. The fourth-order valence-electron chi connectivity index (χ4n) is 3.39. The maximum Gasteiger partial charge on any atom is 0.129 e. The minimum Gasteiger partial charge on any atom is -0.346 e. The van der Waals surface area contributed by atoms with Crippen LogP contribution < -0.4 is 4.90 Å². The molecule has 0 saturated carbocycles. The Labute approximate surface area is 112 Å². The predicted octanol–water partition coefficient (Wildman–Crippen LogP) is 2.45. The van der Waals surface area contributed by atoms with E-state index in [1.807, 2.05) is 12.4 Å². The lowest BCUT2D eigenvalue weighted by atomic mass is 9.99. The first-order chi connectivity index (χ1) is 9.33. The number of nitrogens with zero attached hydrogens (tertiary/aromatic N) is 4. The van der Waals surface area contributed by atoms with Crippen LogP contribution in [0.4, 0.5) is 5.82 Å². The second-order valence-corrected chi connectivity index (χ2v) is 5.48. The average molecular weight is 252 g/mol. The van der Waals surface area contributed by atoms with Crippen molar-refractivity contribution in [3.05, 3.63) is 47.7 Å². The van der Waals surface area contributed by atoms with E-state index in [-0.39, 0.29) is 0 Å². The summed E-state index contributed by atoms with van der Waals surface area (Å²) in [6, 6.07) is 5.22. The van der Waals surface area contributed by atoms with Gasteiger partial charge in [-0.3, -0.25) is 0 Å². The van der Waals surface area contributed by atoms with Crippen LogP contribution in [0.3, 0.4) is 0 Å². The van der Waals surface area contributed by atoms with Gasteiger partial charge in [-0.1, -0.05) is 6.07 Å². The summed E-state index contributed by atoms with van der Waals surface area (Å²) in [5.41, 5.74) is 3.72. The molecule has 2 unspecified atom stereocenters. The van der Waals surface area contributed by atoms with Gasteiger partial charge in [-0.05, 0) is 31.4 Å². The van der Waals surface area contributed by atoms with Gasteiger partial charge in [-0.15, -0.1) is 0 Å². The number of pyridine rings is 1. The van der Waals surface area contributed by atoms with E-state index < -0.39 is 0 Å². The van der Waals surface area contributed by atoms with Crippen LogP contribution in [0.25, 0.3) is 0 Å². The van der Waals surface area contributed by atoms with Crippen LogP contribution in [0.15, 0.2) is 30.9 Å². The van der Waals surface area contributed by atoms with Crippen molar-refractivity contribution in [3.8, 4) is 0 Å². The Hall–Kier alpha value is -1.97. The van der Waals surface area contributed by atoms with Gasteiger partial charge in [0.05, 0.1) is 11.7 Å². The van der Waals surface area contributed by atoms with Crippen molar-refractivity contribution in [2.45, 2.75) is 38.3 Å². The summed E-state index contributed by atoms with van der Waals surface area (Å²) in [6.45, 7) is 2.07. The van der Waals surface area contributed by atoms with Crippen molar-refractivity contribution in [3.63, 3.8) is 0 Å². The van der Waals surface area contributed by atoms with E-state index in [1.165, 1.54) is 29.7 Å². The van der Waals surface area contributed by atoms with E-state index in [9.17, 15) is 0 Å². The molecular weight excluding hydrogens is 236 g/mol. The lowest BCUT2D eigenvalue weighted by Crippen LogP contribution is -2.38. The summed E-state index contributed by atoms with van der Waals surface area (Å²) >= 11 is 0. The van der Waals surface area contributed by atoms with Crippen molar-refractivity contribution in [1.29, 1.82) is 0 Å². The van der Waals surface area contributed by atoms with Crippen LogP contribution in [0.5, 0.6) is 0 Å². The molecule has 1 saturated heterocycles. The van der Waals surface area contributed by atoms with E-state index in [2.05, 4.69) is 38.9 Å². The van der Waals surface area contributed by atoms with Crippen molar-refractivity contribution in [2.24, 2.45) is 0 Å². The second kappa shape index (κ2) is 4.02. The van der Waals surface area contributed by atoms with Crippen LogP contribution in [-0.2, 0) is 6.42 Å². The Bertz CT molecular complexity index is 608. The quantitative estimate of drug-likeness (QED) is 0.781. The van der Waals surface area contributed by atoms with E-state index in [4.69, 9.17) is 0 Å². The fourth-order valence-corrected chi connectivity index (χ4v) is 3.39. The van der Waals surface area contributed by atoms with Gasteiger partial charge in [0.2, 0.25) is 0 Å². The Morgan fingerprint density at radius 3 is 2.95 bits per heavy atom. The van der Waals surface area contributed by atoms with Crippen LogP contribution in [-0.4, -0.2) is 21.0 Å². The standard InChI is InChI=1S/C15H16N4/c1-10-2-5-15(17-7-10)19-11-3-4-14(19)12-8-16-9-18-13(12)6-11/h2,5,7-9,11,14H,3-4,6H2,1H3. The van der Waals surface area contributed by atoms with Gasteiger partial charge in [0.15, 0.2) is 0 Å². The second-order valence-electron chi connectivity index (χ2n) is 5.48. The molecule has 2 aromatic rings. The van der Waals surface area contributed by atoms with Crippen LogP contribution >= 0.6 is 0 Å². The lowest BCUT2D eigenvalue weighted by molar-refractivity contribution is 0.577. The minimum atomic E-state index is 0.408. The Morgan fingerprint density at radius 2 is 2.11 bits per heavy atom.